The summed E-state index contributed by atoms with van der Waals surface area (Å²) in [5.41, 5.74) is 0.127. The van der Waals surface area contributed by atoms with Crippen LogP contribution in [0.2, 0.25) is 5.02 Å². The maximum atomic E-state index is 12.4. The van der Waals surface area contributed by atoms with Crippen molar-refractivity contribution in [2.75, 3.05) is 13.7 Å². The van der Waals surface area contributed by atoms with Crippen LogP contribution in [0.5, 0.6) is 0 Å². The first-order valence-corrected chi connectivity index (χ1v) is 8.05. The number of rotatable bonds is 3. The number of nitrogens with zero attached hydrogens (tertiary/aromatic N) is 1. The molecule has 0 spiro atoms. The van der Waals surface area contributed by atoms with Crippen LogP contribution in [0.3, 0.4) is 0 Å². The number of aliphatic hydroxyl groups is 1. The summed E-state index contributed by atoms with van der Waals surface area (Å²) >= 11 is 5.89. The van der Waals surface area contributed by atoms with Crippen LogP contribution >= 0.6 is 11.6 Å². The molecule has 1 fully saturated rings. The van der Waals surface area contributed by atoms with Crippen molar-refractivity contribution >= 4 is 17.7 Å². The zero-order valence-electron chi connectivity index (χ0n) is 14.0. The normalized spacial score (nSPS) is 23.0. The Balaban J connectivity index is 2.19. The van der Waals surface area contributed by atoms with Crippen molar-refractivity contribution in [1.82, 2.24) is 4.90 Å². The molecule has 0 aromatic heterocycles. The van der Waals surface area contributed by atoms with Gasteiger partial charge in [-0.25, -0.2) is 4.79 Å². The summed E-state index contributed by atoms with van der Waals surface area (Å²) in [5.74, 6) is 0. The zero-order valence-corrected chi connectivity index (χ0v) is 14.7. The molecule has 5 nitrogen and oxygen atoms in total. The molecule has 0 bridgehead atoms. The van der Waals surface area contributed by atoms with Crippen molar-refractivity contribution in [2.24, 2.45) is 0 Å². The van der Waals surface area contributed by atoms with Crippen molar-refractivity contribution in [3.63, 3.8) is 0 Å². The standard InChI is InChI=1S/C17H24ClNO4/c1-17(2,3)23-16(21)19-10-13(22-4)9-14(19)15(20)11-5-7-12(18)8-6-11/h5-8,13-15,20H,9-10H2,1-4H3/t13-,14+,15?/m1/s1. The quantitative estimate of drug-likeness (QED) is 0.915. The maximum Gasteiger partial charge on any atom is 0.410 e. The molecule has 0 radical (unpaired) electrons. The Morgan fingerprint density at radius 1 is 1.35 bits per heavy atom. The van der Waals surface area contributed by atoms with Crippen molar-refractivity contribution in [1.29, 1.82) is 0 Å². The smallest absolute Gasteiger partial charge is 0.410 e. The van der Waals surface area contributed by atoms with Gasteiger partial charge in [0.2, 0.25) is 0 Å². The number of aliphatic hydroxyl groups excluding tert-OH is 1. The number of hydrogen-bond acceptors (Lipinski definition) is 4. The minimum absolute atomic E-state index is 0.116. The van der Waals surface area contributed by atoms with Crippen LogP contribution in [-0.4, -0.2) is 47.5 Å². The summed E-state index contributed by atoms with van der Waals surface area (Å²) in [5, 5.41) is 11.3. The molecule has 1 amide bonds. The number of halogens is 1. The van der Waals surface area contributed by atoms with E-state index in [0.29, 0.717) is 23.6 Å². The van der Waals surface area contributed by atoms with Gasteiger partial charge in [-0.3, -0.25) is 4.90 Å². The van der Waals surface area contributed by atoms with Crippen LogP contribution in [0.25, 0.3) is 0 Å². The molecule has 1 heterocycles. The van der Waals surface area contributed by atoms with Gasteiger partial charge in [0.25, 0.3) is 0 Å². The third kappa shape index (κ3) is 4.59. The Bertz CT molecular complexity index is 541. The highest BCUT2D eigenvalue weighted by Gasteiger charge is 2.41. The van der Waals surface area contributed by atoms with Gasteiger partial charge in [-0.2, -0.15) is 0 Å². The van der Waals surface area contributed by atoms with Crippen LogP contribution in [-0.2, 0) is 9.47 Å². The molecule has 3 atom stereocenters. The molecule has 1 aromatic rings. The van der Waals surface area contributed by atoms with Crippen LogP contribution in [0.1, 0.15) is 38.9 Å². The predicted molar refractivity (Wildman–Crippen MR) is 88.6 cm³/mol. The van der Waals surface area contributed by atoms with E-state index < -0.39 is 23.8 Å². The number of amides is 1. The fraction of sp³-hybridized carbons (Fsp3) is 0.588. The number of ether oxygens (including phenoxy) is 2. The number of methoxy groups -OCH3 is 1. The molecule has 1 N–H and O–H groups in total. The van der Waals surface area contributed by atoms with Gasteiger partial charge in [0.15, 0.2) is 0 Å². The van der Waals surface area contributed by atoms with Gasteiger partial charge in [0.1, 0.15) is 5.60 Å². The number of carbonyl (C=O) groups excluding carboxylic acids is 1. The summed E-state index contributed by atoms with van der Waals surface area (Å²) in [7, 11) is 1.61. The number of hydrogen-bond donors (Lipinski definition) is 1. The van der Waals surface area contributed by atoms with Crippen LogP contribution < -0.4 is 0 Å². The predicted octanol–water partition coefficient (Wildman–Crippen LogP) is 3.40. The Kier molecular flexibility index (Phi) is 5.55. The summed E-state index contributed by atoms with van der Waals surface area (Å²) in [6.07, 6.45) is -0.816. The van der Waals surface area contributed by atoms with Gasteiger partial charge in [0.05, 0.1) is 24.8 Å². The van der Waals surface area contributed by atoms with Gasteiger partial charge < -0.3 is 14.6 Å². The molecule has 1 saturated heterocycles. The number of likely N-dealkylation sites (tertiary alicyclic amines) is 1. The minimum Gasteiger partial charge on any atom is -0.444 e. The third-order valence-corrected chi connectivity index (χ3v) is 4.09. The van der Waals surface area contributed by atoms with E-state index in [9.17, 15) is 9.90 Å². The van der Waals surface area contributed by atoms with E-state index in [1.165, 1.54) is 0 Å². The van der Waals surface area contributed by atoms with E-state index >= 15 is 0 Å². The van der Waals surface area contributed by atoms with Crippen molar-refractivity contribution in [3.05, 3.63) is 34.9 Å². The maximum absolute atomic E-state index is 12.4. The fourth-order valence-electron chi connectivity index (χ4n) is 2.71. The molecule has 1 aromatic carbocycles. The molecular weight excluding hydrogens is 318 g/mol. The number of carbonyl (C=O) groups is 1. The third-order valence-electron chi connectivity index (χ3n) is 3.84. The van der Waals surface area contributed by atoms with E-state index in [1.807, 2.05) is 20.8 Å². The molecule has 0 saturated carbocycles. The average Bonchev–Trinajstić information content (AvgIpc) is 2.90. The first-order chi connectivity index (χ1) is 10.7. The lowest BCUT2D eigenvalue weighted by molar-refractivity contribution is 0.00410. The highest BCUT2D eigenvalue weighted by atomic mass is 35.5. The topological polar surface area (TPSA) is 59.0 Å². The van der Waals surface area contributed by atoms with Gasteiger partial charge in [-0.15, -0.1) is 0 Å². The zero-order chi connectivity index (χ0) is 17.2. The molecule has 128 valence electrons. The fourth-order valence-corrected chi connectivity index (χ4v) is 2.83. The molecule has 0 aliphatic carbocycles. The van der Waals surface area contributed by atoms with Crippen LogP contribution in [0, 0.1) is 0 Å². The summed E-state index contributed by atoms with van der Waals surface area (Å²) in [6, 6.07) is 6.58. The first kappa shape index (κ1) is 18.0. The van der Waals surface area contributed by atoms with Crippen LogP contribution in [0.4, 0.5) is 4.79 Å². The van der Waals surface area contributed by atoms with Crippen molar-refractivity contribution in [3.8, 4) is 0 Å². The lowest BCUT2D eigenvalue weighted by Crippen LogP contribution is -2.42. The van der Waals surface area contributed by atoms with Gasteiger partial charge in [-0.05, 0) is 44.9 Å². The average molecular weight is 342 g/mol. The Hall–Kier alpha value is -1.30. The second-order valence-electron chi connectivity index (χ2n) is 6.79. The van der Waals surface area contributed by atoms with Gasteiger partial charge >= 0.3 is 6.09 Å². The van der Waals surface area contributed by atoms with E-state index in [4.69, 9.17) is 21.1 Å². The molecule has 23 heavy (non-hydrogen) atoms. The summed E-state index contributed by atoms with van der Waals surface area (Å²) < 4.78 is 10.8. The Morgan fingerprint density at radius 2 is 1.96 bits per heavy atom. The second-order valence-corrected chi connectivity index (χ2v) is 7.23. The lowest BCUT2D eigenvalue weighted by Gasteiger charge is -2.31. The summed E-state index contributed by atoms with van der Waals surface area (Å²) in [6.45, 7) is 5.86. The highest BCUT2D eigenvalue weighted by Crippen LogP contribution is 2.32. The summed E-state index contributed by atoms with van der Waals surface area (Å²) in [4.78, 5) is 14.0. The molecule has 1 aliphatic rings. The Morgan fingerprint density at radius 3 is 2.48 bits per heavy atom. The van der Waals surface area contributed by atoms with Gasteiger partial charge in [0, 0.05) is 12.1 Å². The SMILES string of the molecule is CO[C@@H]1C[C@@H](C(O)c2ccc(Cl)cc2)N(C(=O)OC(C)(C)C)C1. The first-order valence-electron chi connectivity index (χ1n) is 7.67. The van der Waals surface area contributed by atoms with E-state index in [0.717, 1.165) is 0 Å². The molecule has 2 rings (SSSR count). The van der Waals surface area contributed by atoms with E-state index in [-0.39, 0.29) is 6.10 Å². The minimum atomic E-state index is -0.820. The molecule has 1 aliphatic heterocycles. The molecule has 1 unspecified atom stereocenters. The van der Waals surface area contributed by atoms with Crippen molar-refractivity contribution < 1.29 is 19.4 Å². The largest absolute Gasteiger partial charge is 0.444 e. The van der Waals surface area contributed by atoms with E-state index in [1.54, 1.807) is 36.3 Å². The second kappa shape index (κ2) is 7.07. The highest BCUT2D eigenvalue weighted by molar-refractivity contribution is 6.30. The molecule has 6 heteroatoms. The molecular formula is C17H24ClNO4. The monoisotopic (exact) mass is 341 g/mol. The Labute approximate surface area is 142 Å². The van der Waals surface area contributed by atoms with Crippen molar-refractivity contribution in [2.45, 2.75) is 51.0 Å². The number of benzene rings is 1. The van der Waals surface area contributed by atoms with E-state index in [2.05, 4.69) is 0 Å². The van der Waals surface area contributed by atoms with Crippen LogP contribution in [0.15, 0.2) is 24.3 Å². The lowest BCUT2D eigenvalue weighted by atomic mass is 10.00. The van der Waals surface area contributed by atoms with Gasteiger partial charge in [-0.1, -0.05) is 23.7 Å².